The third-order valence-electron chi connectivity index (χ3n) is 6.35. The van der Waals surface area contributed by atoms with E-state index in [-0.39, 0.29) is 23.1 Å². The van der Waals surface area contributed by atoms with E-state index in [0.29, 0.717) is 12.1 Å². The second-order valence-corrected chi connectivity index (χ2v) is 8.10. The average Bonchev–Trinajstić information content (AvgIpc) is 3.48. The number of benzene rings is 1. The van der Waals surface area contributed by atoms with Crippen LogP contribution in [0.3, 0.4) is 0 Å². The molecule has 0 radical (unpaired) electrons. The van der Waals surface area contributed by atoms with Gasteiger partial charge in [0.2, 0.25) is 5.91 Å². The van der Waals surface area contributed by atoms with Gasteiger partial charge < -0.3 is 10.2 Å². The van der Waals surface area contributed by atoms with Crippen LogP contribution < -0.4 is 5.32 Å². The predicted molar refractivity (Wildman–Crippen MR) is 113 cm³/mol. The van der Waals surface area contributed by atoms with Crippen LogP contribution in [0.15, 0.2) is 55.2 Å². The van der Waals surface area contributed by atoms with Crippen molar-refractivity contribution in [3.8, 4) is 0 Å². The number of carbonyl (C=O) groups is 2. The Bertz CT molecular complexity index is 884. The zero-order valence-electron chi connectivity index (χ0n) is 16.6. The number of aromatic nitrogens is 1. The Hall–Kier alpha value is -2.95. The normalized spacial score (nSPS) is 19.6. The first-order valence-corrected chi connectivity index (χ1v) is 10.3. The number of hydrogen-bond donors (Lipinski definition) is 1. The lowest BCUT2D eigenvalue weighted by Gasteiger charge is -2.33. The molecule has 1 aromatic carbocycles. The van der Waals surface area contributed by atoms with E-state index in [1.807, 2.05) is 47.4 Å². The highest BCUT2D eigenvalue weighted by molar-refractivity contribution is 5.94. The van der Waals surface area contributed by atoms with Gasteiger partial charge in [-0.2, -0.15) is 0 Å². The second-order valence-electron chi connectivity index (χ2n) is 8.10. The molecule has 1 saturated heterocycles. The third-order valence-corrected chi connectivity index (χ3v) is 6.35. The molecule has 4 rings (SSSR count). The zero-order valence-corrected chi connectivity index (χ0v) is 16.6. The fraction of sp³-hybridized carbons (Fsp3) is 0.375. The Kier molecular flexibility index (Phi) is 5.47. The van der Waals surface area contributed by atoms with Crippen molar-refractivity contribution in [3.63, 3.8) is 0 Å². The lowest BCUT2D eigenvalue weighted by atomic mass is 9.90. The molecule has 5 heteroatoms. The highest BCUT2D eigenvalue weighted by Gasteiger charge is 2.58. The van der Waals surface area contributed by atoms with Gasteiger partial charge in [0.25, 0.3) is 5.91 Å². The molecule has 1 aromatic heterocycles. The highest BCUT2D eigenvalue weighted by Crippen LogP contribution is 2.59. The van der Waals surface area contributed by atoms with Crippen LogP contribution in [-0.2, 0) is 11.2 Å². The minimum atomic E-state index is 0.0764. The summed E-state index contributed by atoms with van der Waals surface area (Å²) < 4.78 is 0. The van der Waals surface area contributed by atoms with Crippen LogP contribution in [0, 0.1) is 11.3 Å². The van der Waals surface area contributed by atoms with Gasteiger partial charge in [0.15, 0.2) is 0 Å². The molecule has 1 saturated carbocycles. The van der Waals surface area contributed by atoms with Gasteiger partial charge in [-0.15, -0.1) is 0 Å². The lowest BCUT2D eigenvalue weighted by Crippen LogP contribution is -2.40. The first-order valence-electron chi connectivity index (χ1n) is 10.3. The third kappa shape index (κ3) is 4.24. The van der Waals surface area contributed by atoms with Crippen molar-refractivity contribution in [2.45, 2.75) is 25.7 Å². The number of carbonyl (C=O) groups excluding carboxylic acids is 2. The minimum Gasteiger partial charge on any atom is -0.355 e. The van der Waals surface area contributed by atoms with E-state index >= 15 is 0 Å². The van der Waals surface area contributed by atoms with E-state index in [0.717, 1.165) is 50.0 Å². The molecule has 1 aliphatic heterocycles. The minimum absolute atomic E-state index is 0.0764. The van der Waals surface area contributed by atoms with Crippen molar-refractivity contribution in [1.29, 1.82) is 0 Å². The van der Waals surface area contributed by atoms with Crippen molar-refractivity contribution < 1.29 is 9.59 Å². The average molecular weight is 389 g/mol. The molecule has 1 N–H and O–H groups in total. The zero-order chi connectivity index (χ0) is 20.3. The van der Waals surface area contributed by atoms with Gasteiger partial charge in [-0.05, 0) is 54.5 Å². The van der Waals surface area contributed by atoms with Gasteiger partial charge in [-0.25, -0.2) is 0 Å². The van der Waals surface area contributed by atoms with Gasteiger partial charge in [0.05, 0.1) is 0 Å². The molecular formula is C24H27N3O2. The molecule has 1 atom stereocenters. The number of amides is 2. The highest BCUT2D eigenvalue weighted by atomic mass is 16.2. The summed E-state index contributed by atoms with van der Waals surface area (Å²) in [6.07, 6.45) is 7.05. The van der Waals surface area contributed by atoms with Crippen molar-refractivity contribution >= 4 is 17.9 Å². The number of nitrogens with one attached hydrogen (secondary N) is 1. The maximum Gasteiger partial charge on any atom is 0.253 e. The Morgan fingerprint density at radius 1 is 1.17 bits per heavy atom. The van der Waals surface area contributed by atoms with E-state index < -0.39 is 0 Å². The largest absolute Gasteiger partial charge is 0.355 e. The number of nitrogens with zero attached hydrogens (tertiary/aromatic N) is 2. The standard InChI is InChI=1S/C24H27N3O2/c1-2-18-6-8-19(9-7-18)23(29)27-15-11-24(12-16-27)17-21(24)22(28)26-14-10-20-5-3-4-13-25-20/h2-9,13,21H,1,10-12,14-17H2,(H,26,28). The molecule has 2 fully saturated rings. The van der Waals surface area contributed by atoms with Crippen LogP contribution in [0.2, 0.25) is 0 Å². The van der Waals surface area contributed by atoms with Gasteiger partial charge in [-0.1, -0.05) is 30.9 Å². The number of rotatable bonds is 6. The monoisotopic (exact) mass is 389 g/mol. The predicted octanol–water partition coefficient (Wildman–Crippen LogP) is 3.33. The van der Waals surface area contributed by atoms with Crippen LogP contribution in [0.5, 0.6) is 0 Å². The Morgan fingerprint density at radius 3 is 2.59 bits per heavy atom. The maximum atomic E-state index is 12.7. The van der Waals surface area contributed by atoms with Crippen molar-refractivity contribution in [2.24, 2.45) is 11.3 Å². The van der Waals surface area contributed by atoms with Gasteiger partial charge in [0, 0.05) is 49.4 Å². The maximum absolute atomic E-state index is 12.7. The first kappa shape index (κ1) is 19.4. The number of likely N-dealkylation sites (tertiary alicyclic amines) is 1. The molecule has 1 aliphatic carbocycles. The molecule has 1 unspecified atom stereocenters. The summed E-state index contributed by atoms with van der Waals surface area (Å²) in [5.41, 5.74) is 2.81. The van der Waals surface area contributed by atoms with Crippen LogP contribution in [0.1, 0.15) is 40.9 Å². The number of pyridine rings is 1. The molecular weight excluding hydrogens is 362 g/mol. The second kappa shape index (κ2) is 8.19. The molecule has 2 aliphatic rings. The van der Waals surface area contributed by atoms with E-state index in [1.54, 1.807) is 12.3 Å². The smallest absolute Gasteiger partial charge is 0.253 e. The molecule has 150 valence electrons. The number of piperidine rings is 1. The quantitative estimate of drug-likeness (QED) is 0.824. The van der Waals surface area contributed by atoms with Crippen LogP contribution in [0.25, 0.3) is 6.08 Å². The molecule has 0 bridgehead atoms. The summed E-state index contributed by atoms with van der Waals surface area (Å²) in [5.74, 6) is 0.323. The Balaban J connectivity index is 1.24. The van der Waals surface area contributed by atoms with E-state index in [2.05, 4.69) is 16.9 Å². The molecule has 1 spiro atoms. The van der Waals surface area contributed by atoms with Crippen molar-refractivity contribution in [2.75, 3.05) is 19.6 Å². The van der Waals surface area contributed by atoms with Crippen LogP contribution in [-0.4, -0.2) is 41.3 Å². The summed E-state index contributed by atoms with van der Waals surface area (Å²) >= 11 is 0. The SMILES string of the molecule is C=Cc1ccc(C(=O)N2CCC3(CC2)CC3C(=O)NCCc2ccccn2)cc1. The van der Waals surface area contributed by atoms with E-state index in [4.69, 9.17) is 0 Å². The van der Waals surface area contributed by atoms with Crippen molar-refractivity contribution in [1.82, 2.24) is 15.2 Å². The topological polar surface area (TPSA) is 62.3 Å². The fourth-order valence-electron chi connectivity index (χ4n) is 4.35. The summed E-state index contributed by atoms with van der Waals surface area (Å²) in [7, 11) is 0. The summed E-state index contributed by atoms with van der Waals surface area (Å²) in [4.78, 5) is 31.5. The van der Waals surface area contributed by atoms with Crippen LogP contribution in [0.4, 0.5) is 0 Å². The van der Waals surface area contributed by atoms with Crippen molar-refractivity contribution in [3.05, 3.63) is 72.1 Å². The molecule has 2 amide bonds. The lowest BCUT2D eigenvalue weighted by molar-refractivity contribution is -0.123. The molecule has 2 aromatic rings. The molecule has 29 heavy (non-hydrogen) atoms. The van der Waals surface area contributed by atoms with Gasteiger partial charge >= 0.3 is 0 Å². The van der Waals surface area contributed by atoms with Gasteiger partial charge in [-0.3, -0.25) is 14.6 Å². The summed E-state index contributed by atoms with van der Waals surface area (Å²) in [6, 6.07) is 13.4. The van der Waals surface area contributed by atoms with E-state index in [1.165, 1.54) is 0 Å². The first-order chi connectivity index (χ1) is 14.1. The Morgan fingerprint density at radius 2 is 1.93 bits per heavy atom. The van der Waals surface area contributed by atoms with Crippen LogP contribution >= 0.6 is 0 Å². The molecule has 2 heterocycles. The molecule has 5 nitrogen and oxygen atoms in total. The number of hydrogen-bond acceptors (Lipinski definition) is 3. The summed E-state index contributed by atoms with van der Waals surface area (Å²) in [5, 5.41) is 3.07. The van der Waals surface area contributed by atoms with Gasteiger partial charge in [0.1, 0.15) is 0 Å². The summed E-state index contributed by atoms with van der Waals surface area (Å²) in [6.45, 7) is 5.81. The van der Waals surface area contributed by atoms with E-state index in [9.17, 15) is 9.59 Å². The fourth-order valence-corrected chi connectivity index (χ4v) is 4.35. The Labute approximate surface area is 171 Å².